The Morgan fingerprint density at radius 3 is 1.54 bits per heavy atom. The molecular weight excluding hydrogens is 899 g/mol. The molecule has 22 heteroatoms. The average molecular weight is 966 g/mol. The SMILES string of the molecule is CSCCC(NC(=O)C(CC(C)C)NC(=O)CNC(=O)C(Cc1ccccc1)NC(=O)C(Cc1ccccc1)NC(=O)C(CCC(N)=O)NC(=O)C(CCC(N)=O)NC(=O)C1CCCN1)C(N)=O. The zero-order valence-electron chi connectivity index (χ0n) is 38.8. The molecule has 0 saturated carbocycles. The monoisotopic (exact) mass is 965 g/mol. The number of primary amides is 3. The molecule has 1 aliphatic heterocycles. The highest BCUT2D eigenvalue weighted by molar-refractivity contribution is 7.98. The van der Waals surface area contributed by atoms with E-state index in [-0.39, 0.29) is 57.3 Å². The zero-order chi connectivity index (χ0) is 50.2. The lowest BCUT2D eigenvalue weighted by atomic mass is 10.0. The van der Waals surface area contributed by atoms with Crippen molar-refractivity contribution >= 4 is 70.8 Å². The molecule has 0 spiro atoms. The minimum Gasteiger partial charge on any atom is -0.370 e. The van der Waals surface area contributed by atoms with E-state index in [0.717, 1.165) is 6.42 Å². The van der Waals surface area contributed by atoms with Crippen LogP contribution in [0.4, 0.5) is 0 Å². The van der Waals surface area contributed by atoms with Crippen molar-refractivity contribution in [1.29, 1.82) is 0 Å². The topological polar surface area (TPSA) is 345 Å². The van der Waals surface area contributed by atoms with Gasteiger partial charge in [-0.1, -0.05) is 74.5 Å². The number of benzene rings is 2. The Morgan fingerprint density at radius 1 is 0.603 bits per heavy atom. The van der Waals surface area contributed by atoms with Crippen LogP contribution in [0.15, 0.2) is 60.7 Å². The third-order valence-corrected chi connectivity index (χ3v) is 11.5. The molecule has 7 unspecified atom stereocenters. The molecule has 0 aromatic heterocycles. The number of nitrogens with two attached hydrogens (primary N) is 3. The van der Waals surface area contributed by atoms with E-state index < -0.39 is 108 Å². The van der Waals surface area contributed by atoms with Gasteiger partial charge in [-0.25, -0.2) is 0 Å². The molecule has 0 bridgehead atoms. The van der Waals surface area contributed by atoms with Crippen molar-refractivity contribution in [3.05, 3.63) is 71.8 Å². The number of carbonyl (C=O) groups excluding carboxylic acids is 10. The Hall–Kier alpha value is -6.55. The van der Waals surface area contributed by atoms with Crippen molar-refractivity contribution in [3.8, 4) is 0 Å². The Labute approximate surface area is 400 Å². The largest absolute Gasteiger partial charge is 0.370 e. The number of carbonyl (C=O) groups is 10. The van der Waals surface area contributed by atoms with Gasteiger partial charge in [-0.15, -0.1) is 0 Å². The molecule has 1 saturated heterocycles. The molecule has 0 radical (unpaired) electrons. The summed E-state index contributed by atoms with van der Waals surface area (Å²) in [6.45, 7) is 3.68. The molecule has 372 valence electrons. The fraction of sp³-hybridized carbons (Fsp3) is 0.522. The van der Waals surface area contributed by atoms with Crippen LogP contribution in [0.25, 0.3) is 0 Å². The van der Waals surface area contributed by atoms with E-state index in [2.05, 4.69) is 42.5 Å². The first-order valence-corrected chi connectivity index (χ1v) is 24.0. The van der Waals surface area contributed by atoms with Gasteiger partial charge < -0.3 is 59.7 Å². The van der Waals surface area contributed by atoms with Crippen LogP contribution in [-0.2, 0) is 60.8 Å². The summed E-state index contributed by atoms with van der Waals surface area (Å²) in [4.78, 5) is 131. The summed E-state index contributed by atoms with van der Waals surface area (Å²) in [5.41, 5.74) is 17.5. The molecule has 21 nitrogen and oxygen atoms in total. The molecule has 2 aromatic rings. The van der Waals surface area contributed by atoms with Gasteiger partial charge in [-0.05, 0) is 74.1 Å². The quantitative estimate of drug-likeness (QED) is 0.0408. The highest BCUT2D eigenvalue weighted by Gasteiger charge is 2.34. The third-order valence-electron chi connectivity index (χ3n) is 10.9. The molecule has 10 amide bonds. The zero-order valence-corrected chi connectivity index (χ0v) is 39.6. The Balaban J connectivity index is 1.86. The second-order valence-corrected chi connectivity index (χ2v) is 18.0. The van der Waals surface area contributed by atoms with Crippen molar-refractivity contribution < 1.29 is 47.9 Å². The first kappa shape index (κ1) is 55.8. The van der Waals surface area contributed by atoms with Gasteiger partial charge in [-0.2, -0.15) is 11.8 Å². The lowest BCUT2D eigenvalue weighted by molar-refractivity contribution is -0.135. The van der Waals surface area contributed by atoms with E-state index in [4.69, 9.17) is 17.2 Å². The normalized spacial score (nSPS) is 15.8. The van der Waals surface area contributed by atoms with Gasteiger partial charge >= 0.3 is 0 Å². The van der Waals surface area contributed by atoms with Crippen LogP contribution < -0.4 is 59.7 Å². The summed E-state index contributed by atoms with van der Waals surface area (Å²) in [7, 11) is 0. The van der Waals surface area contributed by atoms with Crippen LogP contribution in [0, 0.1) is 5.92 Å². The molecule has 0 aliphatic carbocycles. The highest BCUT2D eigenvalue weighted by Crippen LogP contribution is 2.12. The number of amides is 10. The van der Waals surface area contributed by atoms with Gasteiger partial charge in [0.2, 0.25) is 59.1 Å². The van der Waals surface area contributed by atoms with Gasteiger partial charge in [0.25, 0.3) is 0 Å². The van der Waals surface area contributed by atoms with Gasteiger partial charge in [0.05, 0.1) is 12.6 Å². The standard InChI is InChI=1S/C46H67N11O10S/c1-27(2)23-34(45(66)53-30(40(49)61)20-22-68-3)52-39(60)26-51-41(62)35(24-28-11-6-4-7-12-28)56-46(67)36(25-29-13-8-5-9-14-29)57-44(65)33(17-19-38(48)59)55-43(64)32(16-18-37(47)58)54-42(63)31-15-10-21-50-31/h4-9,11-14,27,30-36,50H,10,15-26H2,1-3H3,(H2,47,58)(H2,48,59)(H2,49,61)(H,51,62)(H,52,60)(H,53,66)(H,54,63)(H,55,64)(H,56,67)(H,57,65). The number of hydrogen-bond donors (Lipinski definition) is 11. The average Bonchev–Trinajstić information content (AvgIpc) is 3.85. The van der Waals surface area contributed by atoms with Gasteiger partial charge in [-0.3, -0.25) is 47.9 Å². The summed E-state index contributed by atoms with van der Waals surface area (Å²) >= 11 is 1.47. The van der Waals surface area contributed by atoms with Crippen LogP contribution in [-0.4, -0.2) is 126 Å². The Kier molecular flexibility index (Phi) is 24.0. The third kappa shape index (κ3) is 20.5. The van der Waals surface area contributed by atoms with E-state index >= 15 is 0 Å². The van der Waals surface area contributed by atoms with Crippen molar-refractivity contribution in [2.75, 3.05) is 25.1 Å². The van der Waals surface area contributed by atoms with Gasteiger partial charge in [0.15, 0.2) is 0 Å². The first-order chi connectivity index (χ1) is 32.4. The maximum atomic E-state index is 14.3. The summed E-state index contributed by atoms with van der Waals surface area (Å²) in [6.07, 6.45) is 2.30. The van der Waals surface area contributed by atoms with E-state index in [1.54, 1.807) is 60.7 Å². The fourth-order valence-corrected chi connectivity index (χ4v) is 7.73. The molecule has 1 heterocycles. The van der Waals surface area contributed by atoms with Crippen molar-refractivity contribution in [1.82, 2.24) is 42.5 Å². The Morgan fingerprint density at radius 2 is 1.07 bits per heavy atom. The molecular formula is C46H67N11O10S. The fourth-order valence-electron chi connectivity index (χ4n) is 7.26. The second kappa shape index (κ2) is 29.3. The number of thioether (sulfide) groups is 1. The highest BCUT2D eigenvalue weighted by atomic mass is 32.2. The summed E-state index contributed by atoms with van der Waals surface area (Å²) < 4.78 is 0. The van der Waals surface area contributed by atoms with Crippen molar-refractivity contribution in [3.63, 3.8) is 0 Å². The number of rotatable bonds is 30. The van der Waals surface area contributed by atoms with Gasteiger partial charge in [0.1, 0.15) is 36.3 Å². The van der Waals surface area contributed by atoms with Crippen LogP contribution in [0.3, 0.4) is 0 Å². The maximum Gasteiger partial charge on any atom is 0.243 e. The van der Waals surface area contributed by atoms with Crippen LogP contribution >= 0.6 is 11.8 Å². The summed E-state index contributed by atoms with van der Waals surface area (Å²) in [5.74, 6) is -6.94. The predicted octanol–water partition coefficient (Wildman–Crippen LogP) is -1.94. The number of hydrogen-bond acceptors (Lipinski definition) is 12. The lowest BCUT2D eigenvalue weighted by Gasteiger charge is -2.27. The maximum absolute atomic E-state index is 14.3. The molecule has 1 aliphatic rings. The molecule has 2 aromatic carbocycles. The van der Waals surface area contributed by atoms with E-state index in [9.17, 15) is 47.9 Å². The smallest absolute Gasteiger partial charge is 0.243 e. The molecule has 3 rings (SSSR count). The molecule has 14 N–H and O–H groups in total. The van der Waals surface area contributed by atoms with Crippen molar-refractivity contribution in [2.45, 2.75) is 120 Å². The minimum atomic E-state index is -1.47. The molecule has 1 fully saturated rings. The summed E-state index contributed by atoms with van der Waals surface area (Å²) in [5, 5.41) is 21.3. The first-order valence-electron chi connectivity index (χ1n) is 22.6. The molecule has 68 heavy (non-hydrogen) atoms. The van der Waals surface area contributed by atoms with Crippen LogP contribution in [0.2, 0.25) is 0 Å². The minimum absolute atomic E-state index is 0.0545. The van der Waals surface area contributed by atoms with Crippen LogP contribution in [0.5, 0.6) is 0 Å². The number of nitrogens with one attached hydrogen (secondary N) is 8. The van der Waals surface area contributed by atoms with E-state index in [1.165, 1.54) is 11.8 Å². The Bertz CT molecular complexity index is 2040. The van der Waals surface area contributed by atoms with E-state index in [1.807, 2.05) is 20.1 Å². The van der Waals surface area contributed by atoms with Crippen molar-refractivity contribution in [2.24, 2.45) is 23.1 Å². The second-order valence-electron chi connectivity index (χ2n) is 17.0. The van der Waals surface area contributed by atoms with Gasteiger partial charge in [0, 0.05) is 25.7 Å². The van der Waals surface area contributed by atoms with Crippen LogP contribution in [0.1, 0.15) is 76.3 Å². The molecule has 7 atom stereocenters. The lowest BCUT2D eigenvalue weighted by Crippen LogP contribution is -2.59. The van der Waals surface area contributed by atoms with E-state index in [0.29, 0.717) is 29.8 Å². The predicted molar refractivity (Wildman–Crippen MR) is 254 cm³/mol. The summed E-state index contributed by atoms with van der Waals surface area (Å²) in [6, 6.07) is 9.23.